The summed E-state index contributed by atoms with van der Waals surface area (Å²) in [5, 5.41) is 2.38. The molecule has 1 atom stereocenters. The van der Waals surface area contributed by atoms with Crippen LogP contribution in [0.1, 0.15) is 48.8 Å². The van der Waals surface area contributed by atoms with Gasteiger partial charge in [0.05, 0.1) is 22.9 Å². The minimum absolute atomic E-state index is 0.0312. The van der Waals surface area contributed by atoms with Crippen LogP contribution >= 0.6 is 0 Å². The number of carbonyl (C=O) groups excluding carboxylic acids is 1. The average molecular weight is 633 g/mol. The van der Waals surface area contributed by atoms with Crippen LogP contribution in [0.25, 0.3) is 0 Å². The second kappa shape index (κ2) is 11.3. The lowest BCUT2D eigenvalue weighted by Gasteiger charge is -2.44. The van der Waals surface area contributed by atoms with E-state index in [1.165, 1.54) is 4.31 Å². The molecule has 1 saturated carbocycles. The molecule has 3 fully saturated rings. The fourth-order valence-corrected chi connectivity index (χ4v) is 7.86. The van der Waals surface area contributed by atoms with Gasteiger partial charge < -0.3 is 10.2 Å². The van der Waals surface area contributed by atoms with Crippen molar-refractivity contribution in [1.82, 2.24) is 14.1 Å². The van der Waals surface area contributed by atoms with Crippen LogP contribution in [0, 0.1) is 5.41 Å². The predicted molar refractivity (Wildman–Crippen MR) is 149 cm³/mol. The quantitative estimate of drug-likeness (QED) is 0.411. The maximum atomic E-state index is 14.0. The van der Waals surface area contributed by atoms with E-state index >= 15 is 0 Å². The number of amides is 2. The van der Waals surface area contributed by atoms with E-state index in [1.54, 1.807) is 4.90 Å². The number of likely N-dealkylation sites (tertiary alicyclic amines) is 1. The maximum absolute atomic E-state index is 14.0. The van der Waals surface area contributed by atoms with E-state index < -0.39 is 50.8 Å². The van der Waals surface area contributed by atoms with Gasteiger partial charge in [-0.1, -0.05) is 43.2 Å². The highest BCUT2D eigenvalue weighted by Crippen LogP contribution is 2.56. The third kappa shape index (κ3) is 6.65. The lowest BCUT2D eigenvalue weighted by atomic mass is 9.76. The standard InChI is InChI=1S/C29H34F6N4O3S/c1-43(41,42)38-13-11-37(12-14-38)20-27(21-7-3-2-4-8-21)18-26(9-5-6-10-26)19-39(27)25(40)36-24-16-22(28(30,31)32)15-23(17-24)29(33,34)35/h2-4,7-8,15-17H,5-6,9-14,18-20H2,1H3,(H,36,40)/t27-/m1/s1. The van der Waals surface area contributed by atoms with Gasteiger partial charge in [-0.05, 0) is 48.4 Å². The van der Waals surface area contributed by atoms with Gasteiger partial charge in [0, 0.05) is 45.0 Å². The molecule has 2 aliphatic heterocycles. The van der Waals surface area contributed by atoms with E-state index in [0.717, 1.165) is 37.5 Å². The summed E-state index contributed by atoms with van der Waals surface area (Å²) in [6.07, 6.45) is -4.79. The van der Waals surface area contributed by atoms with Crippen molar-refractivity contribution in [3.05, 3.63) is 65.2 Å². The molecule has 0 bridgehead atoms. The molecule has 2 aromatic carbocycles. The fourth-order valence-electron chi connectivity index (χ4n) is 7.03. The molecule has 0 radical (unpaired) electrons. The minimum atomic E-state index is -5.05. The molecular weight excluding hydrogens is 598 g/mol. The first-order valence-corrected chi connectivity index (χ1v) is 16.0. The minimum Gasteiger partial charge on any atom is -0.313 e. The van der Waals surface area contributed by atoms with E-state index in [4.69, 9.17) is 0 Å². The van der Waals surface area contributed by atoms with Crippen LogP contribution in [0.5, 0.6) is 0 Å². The molecule has 0 aromatic heterocycles. The zero-order valence-corrected chi connectivity index (χ0v) is 24.5. The van der Waals surface area contributed by atoms with Crippen molar-refractivity contribution >= 4 is 21.7 Å². The number of hydrogen-bond donors (Lipinski definition) is 1. The first-order chi connectivity index (χ1) is 20.0. The number of carbonyl (C=O) groups is 1. The fraction of sp³-hybridized carbons (Fsp3) is 0.552. The van der Waals surface area contributed by atoms with Crippen molar-refractivity contribution in [2.45, 2.75) is 50.0 Å². The van der Waals surface area contributed by atoms with Gasteiger partial charge in [-0.3, -0.25) is 4.90 Å². The molecule has 5 rings (SSSR count). The molecule has 1 spiro atoms. The van der Waals surface area contributed by atoms with Crippen molar-refractivity contribution in [1.29, 1.82) is 0 Å². The lowest BCUT2D eigenvalue weighted by molar-refractivity contribution is -0.143. The van der Waals surface area contributed by atoms with Gasteiger partial charge in [0.15, 0.2) is 0 Å². The van der Waals surface area contributed by atoms with E-state index in [0.29, 0.717) is 44.7 Å². The summed E-state index contributed by atoms with van der Waals surface area (Å²) >= 11 is 0. The molecule has 7 nitrogen and oxygen atoms in total. The first kappa shape index (κ1) is 31.6. The van der Waals surface area contributed by atoms with Gasteiger partial charge in [-0.15, -0.1) is 0 Å². The van der Waals surface area contributed by atoms with Crippen LogP contribution in [0.15, 0.2) is 48.5 Å². The molecule has 2 amide bonds. The summed E-state index contributed by atoms with van der Waals surface area (Å²) in [6.45, 7) is 1.98. The van der Waals surface area contributed by atoms with Crippen molar-refractivity contribution in [2.75, 3.05) is 50.8 Å². The number of nitrogens with one attached hydrogen (secondary N) is 1. The highest BCUT2D eigenvalue weighted by Gasteiger charge is 2.57. The Morgan fingerprint density at radius 2 is 1.44 bits per heavy atom. The molecule has 2 saturated heterocycles. The van der Waals surface area contributed by atoms with E-state index in [1.807, 2.05) is 30.3 Å². The second-order valence-corrected chi connectivity index (χ2v) is 14.0. The number of rotatable bonds is 5. The Morgan fingerprint density at radius 3 is 1.95 bits per heavy atom. The highest BCUT2D eigenvalue weighted by atomic mass is 32.2. The Balaban J connectivity index is 1.52. The first-order valence-electron chi connectivity index (χ1n) is 14.1. The van der Waals surface area contributed by atoms with E-state index in [9.17, 15) is 39.6 Å². The number of sulfonamides is 1. The molecule has 2 aromatic rings. The van der Waals surface area contributed by atoms with Gasteiger partial charge in [0.1, 0.15) is 0 Å². The van der Waals surface area contributed by atoms with Crippen LogP contribution in [-0.4, -0.2) is 74.1 Å². The summed E-state index contributed by atoms with van der Waals surface area (Å²) in [6, 6.07) is 9.53. The Morgan fingerprint density at radius 1 is 0.884 bits per heavy atom. The summed E-state index contributed by atoms with van der Waals surface area (Å²) in [5.41, 5.74) is -4.01. The highest BCUT2D eigenvalue weighted by molar-refractivity contribution is 7.88. The Bertz CT molecular complexity index is 1400. The van der Waals surface area contributed by atoms with Crippen molar-refractivity contribution in [2.24, 2.45) is 5.41 Å². The van der Waals surface area contributed by atoms with Gasteiger partial charge >= 0.3 is 18.4 Å². The Kier molecular flexibility index (Phi) is 8.27. The molecule has 2 heterocycles. The van der Waals surface area contributed by atoms with E-state index in [-0.39, 0.29) is 24.6 Å². The topological polar surface area (TPSA) is 73.0 Å². The molecule has 1 aliphatic carbocycles. The number of piperazine rings is 1. The van der Waals surface area contributed by atoms with Crippen LogP contribution in [-0.2, 0) is 27.9 Å². The van der Waals surface area contributed by atoms with Crippen LogP contribution < -0.4 is 5.32 Å². The monoisotopic (exact) mass is 632 g/mol. The predicted octanol–water partition coefficient (Wildman–Crippen LogP) is 5.99. The summed E-state index contributed by atoms with van der Waals surface area (Å²) < 4.78 is 107. The Labute approximate surface area is 246 Å². The summed E-state index contributed by atoms with van der Waals surface area (Å²) in [4.78, 5) is 17.7. The van der Waals surface area contributed by atoms with Gasteiger partial charge in [0.2, 0.25) is 10.0 Å². The molecule has 0 unspecified atom stereocenters. The van der Waals surface area contributed by atoms with Crippen molar-refractivity contribution < 1.29 is 39.6 Å². The zero-order valence-electron chi connectivity index (χ0n) is 23.6. The van der Waals surface area contributed by atoms with Crippen LogP contribution in [0.3, 0.4) is 0 Å². The van der Waals surface area contributed by atoms with Gasteiger partial charge in [0.25, 0.3) is 0 Å². The zero-order chi connectivity index (χ0) is 31.3. The number of alkyl halides is 6. The van der Waals surface area contributed by atoms with Gasteiger partial charge in [-0.2, -0.15) is 30.6 Å². The van der Waals surface area contributed by atoms with E-state index in [2.05, 4.69) is 10.2 Å². The summed E-state index contributed by atoms with van der Waals surface area (Å²) in [5.74, 6) is 0. The van der Waals surface area contributed by atoms with Crippen LogP contribution in [0.2, 0.25) is 0 Å². The number of urea groups is 1. The van der Waals surface area contributed by atoms with Crippen molar-refractivity contribution in [3.63, 3.8) is 0 Å². The van der Waals surface area contributed by atoms with Crippen LogP contribution in [0.4, 0.5) is 36.8 Å². The number of hydrogen-bond acceptors (Lipinski definition) is 4. The molecular formula is C29H34F6N4O3S. The Hall–Kier alpha value is -2.84. The normalized spacial score (nSPS) is 23.7. The smallest absolute Gasteiger partial charge is 0.313 e. The molecule has 43 heavy (non-hydrogen) atoms. The SMILES string of the molecule is CS(=O)(=O)N1CCN(C[C@@]2(c3ccccc3)CC3(CCCC3)CN2C(=O)Nc2cc(C(F)(F)F)cc(C(F)(F)F)c2)CC1. The lowest BCUT2D eigenvalue weighted by Crippen LogP contribution is -2.57. The molecule has 3 aliphatic rings. The molecule has 236 valence electrons. The number of benzene rings is 2. The molecule has 14 heteroatoms. The molecule has 1 N–H and O–H groups in total. The summed E-state index contributed by atoms with van der Waals surface area (Å²) in [7, 11) is -3.38. The maximum Gasteiger partial charge on any atom is 0.416 e. The second-order valence-electron chi connectivity index (χ2n) is 12.0. The van der Waals surface area contributed by atoms with Crippen molar-refractivity contribution in [3.8, 4) is 0 Å². The number of anilines is 1. The average Bonchev–Trinajstić information content (AvgIpc) is 3.52. The largest absolute Gasteiger partial charge is 0.416 e. The van der Waals surface area contributed by atoms with Gasteiger partial charge in [-0.25, -0.2) is 13.2 Å². The third-order valence-electron chi connectivity index (χ3n) is 9.02. The number of nitrogens with zero attached hydrogens (tertiary/aromatic N) is 3. The number of halogens is 6. The third-order valence-corrected chi connectivity index (χ3v) is 10.3.